The Balaban J connectivity index is 1.95. The van der Waals surface area contributed by atoms with Gasteiger partial charge in [0.25, 0.3) is 0 Å². The predicted molar refractivity (Wildman–Crippen MR) is 69.1 cm³/mol. The number of nitrogens with one attached hydrogen (secondary N) is 1. The number of hydrogen-bond acceptors (Lipinski definition) is 4. The van der Waals surface area contributed by atoms with Crippen LogP contribution in [0.4, 0.5) is 0 Å². The fourth-order valence-electron chi connectivity index (χ4n) is 2.00. The van der Waals surface area contributed by atoms with E-state index < -0.39 is 0 Å². The summed E-state index contributed by atoms with van der Waals surface area (Å²) in [5.74, 6) is 0.886. The molecular formula is C13H20N4O. The highest BCUT2D eigenvalue weighted by atomic mass is 16.5. The van der Waals surface area contributed by atoms with Gasteiger partial charge in [-0.25, -0.2) is 4.98 Å². The van der Waals surface area contributed by atoms with Crippen LogP contribution in [0, 0.1) is 13.8 Å². The maximum Gasteiger partial charge on any atom is 0.138 e. The van der Waals surface area contributed by atoms with Gasteiger partial charge in [0, 0.05) is 30.9 Å². The van der Waals surface area contributed by atoms with Crippen LogP contribution < -0.4 is 5.32 Å². The van der Waals surface area contributed by atoms with Crippen LogP contribution in [-0.2, 0) is 13.1 Å². The lowest BCUT2D eigenvalue weighted by atomic mass is 10.2. The second-order valence-electron chi connectivity index (χ2n) is 4.79. The van der Waals surface area contributed by atoms with E-state index in [2.05, 4.69) is 33.9 Å². The van der Waals surface area contributed by atoms with Crippen molar-refractivity contribution in [1.82, 2.24) is 20.0 Å². The Hall–Kier alpha value is -1.62. The lowest BCUT2D eigenvalue weighted by molar-refractivity contribution is 0.391. The minimum Gasteiger partial charge on any atom is -0.361 e. The summed E-state index contributed by atoms with van der Waals surface area (Å²) in [7, 11) is 0. The van der Waals surface area contributed by atoms with Crippen LogP contribution in [0.15, 0.2) is 17.0 Å². The zero-order chi connectivity index (χ0) is 13.1. The summed E-state index contributed by atoms with van der Waals surface area (Å²) in [4.78, 5) is 4.19. The summed E-state index contributed by atoms with van der Waals surface area (Å²) < 4.78 is 7.30. The van der Waals surface area contributed by atoms with Crippen LogP contribution >= 0.6 is 0 Å². The van der Waals surface area contributed by atoms with Crippen molar-refractivity contribution in [3.8, 4) is 0 Å². The molecule has 0 aliphatic rings. The molecule has 0 radical (unpaired) electrons. The van der Waals surface area contributed by atoms with Crippen molar-refractivity contribution in [1.29, 1.82) is 0 Å². The van der Waals surface area contributed by atoms with Crippen molar-refractivity contribution in [2.24, 2.45) is 0 Å². The van der Waals surface area contributed by atoms with E-state index in [1.54, 1.807) is 0 Å². The van der Waals surface area contributed by atoms with Crippen molar-refractivity contribution in [2.75, 3.05) is 0 Å². The van der Waals surface area contributed by atoms with E-state index in [0.717, 1.165) is 30.1 Å². The molecule has 0 saturated heterocycles. The minimum absolute atomic E-state index is 0.434. The molecule has 2 rings (SSSR count). The highest BCUT2D eigenvalue weighted by Crippen LogP contribution is 2.12. The molecular weight excluding hydrogens is 228 g/mol. The molecule has 18 heavy (non-hydrogen) atoms. The summed E-state index contributed by atoms with van der Waals surface area (Å²) in [6, 6.07) is 0.434. The molecule has 0 atom stereocenters. The second kappa shape index (κ2) is 5.35. The summed E-state index contributed by atoms with van der Waals surface area (Å²) in [5, 5.41) is 7.35. The standard InChI is InChI=1S/C13H20N4O/c1-9(2)17-8-15-6-12(17)5-14-7-13-10(3)16-18-11(13)4/h6,8-9,14H,5,7H2,1-4H3. The van der Waals surface area contributed by atoms with Crippen molar-refractivity contribution in [3.05, 3.63) is 35.2 Å². The van der Waals surface area contributed by atoms with Gasteiger partial charge in [-0.15, -0.1) is 0 Å². The Morgan fingerprint density at radius 3 is 2.72 bits per heavy atom. The van der Waals surface area contributed by atoms with Gasteiger partial charge in [-0.3, -0.25) is 0 Å². The number of hydrogen-bond donors (Lipinski definition) is 1. The van der Waals surface area contributed by atoms with E-state index in [-0.39, 0.29) is 0 Å². The Morgan fingerprint density at radius 1 is 1.33 bits per heavy atom. The van der Waals surface area contributed by atoms with Crippen LogP contribution in [0.5, 0.6) is 0 Å². The summed E-state index contributed by atoms with van der Waals surface area (Å²) in [6.07, 6.45) is 3.78. The molecule has 0 aromatic carbocycles. The third kappa shape index (κ3) is 2.61. The van der Waals surface area contributed by atoms with Gasteiger partial charge in [0.15, 0.2) is 0 Å². The van der Waals surface area contributed by atoms with E-state index in [1.165, 1.54) is 5.69 Å². The Labute approximate surface area is 107 Å². The fourth-order valence-corrected chi connectivity index (χ4v) is 2.00. The maximum atomic E-state index is 5.14. The van der Waals surface area contributed by atoms with Crippen LogP contribution in [-0.4, -0.2) is 14.7 Å². The van der Waals surface area contributed by atoms with E-state index in [4.69, 9.17) is 4.52 Å². The number of rotatable bonds is 5. The molecule has 98 valence electrons. The molecule has 0 saturated carbocycles. The molecule has 0 aliphatic carbocycles. The van der Waals surface area contributed by atoms with Gasteiger partial charge in [0.1, 0.15) is 5.76 Å². The molecule has 0 spiro atoms. The first kappa shape index (κ1) is 12.8. The average molecular weight is 248 g/mol. The highest BCUT2D eigenvalue weighted by molar-refractivity contribution is 5.20. The van der Waals surface area contributed by atoms with Crippen molar-refractivity contribution in [2.45, 2.75) is 46.8 Å². The molecule has 0 aliphatic heterocycles. The number of nitrogens with zero attached hydrogens (tertiary/aromatic N) is 3. The molecule has 2 heterocycles. The normalized spacial score (nSPS) is 11.4. The number of aromatic nitrogens is 3. The molecule has 0 unspecified atom stereocenters. The first-order chi connectivity index (χ1) is 8.59. The molecule has 5 heteroatoms. The zero-order valence-corrected chi connectivity index (χ0v) is 11.4. The van der Waals surface area contributed by atoms with E-state index in [1.807, 2.05) is 26.4 Å². The molecule has 0 amide bonds. The summed E-state index contributed by atoms with van der Waals surface area (Å²) in [5.41, 5.74) is 3.29. The van der Waals surface area contributed by atoms with Crippen molar-refractivity contribution < 1.29 is 4.52 Å². The first-order valence-corrected chi connectivity index (χ1v) is 6.22. The van der Waals surface area contributed by atoms with Crippen LogP contribution in [0.2, 0.25) is 0 Å². The molecule has 2 aromatic heterocycles. The van der Waals surface area contributed by atoms with Gasteiger partial charge in [0.2, 0.25) is 0 Å². The lowest BCUT2D eigenvalue weighted by Crippen LogP contribution is -2.17. The van der Waals surface area contributed by atoms with Crippen molar-refractivity contribution >= 4 is 0 Å². The van der Waals surface area contributed by atoms with Crippen LogP contribution in [0.25, 0.3) is 0 Å². The Bertz CT molecular complexity index is 493. The van der Waals surface area contributed by atoms with E-state index in [9.17, 15) is 0 Å². The molecule has 5 nitrogen and oxygen atoms in total. The summed E-state index contributed by atoms with van der Waals surface area (Å²) >= 11 is 0. The SMILES string of the molecule is Cc1noc(C)c1CNCc1cncn1C(C)C. The molecule has 0 fully saturated rings. The Morgan fingerprint density at radius 2 is 2.11 bits per heavy atom. The van der Waals surface area contributed by atoms with Crippen LogP contribution in [0.1, 0.15) is 42.6 Å². The van der Waals surface area contributed by atoms with Crippen LogP contribution in [0.3, 0.4) is 0 Å². The molecule has 1 N–H and O–H groups in total. The van der Waals surface area contributed by atoms with Gasteiger partial charge in [-0.2, -0.15) is 0 Å². The molecule has 0 bridgehead atoms. The maximum absolute atomic E-state index is 5.14. The topological polar surface area (TPSA) is 55.9 Å². The molecule has 2 aromatic rings. The number of aryl methyl sites for hydroxylation is 2. The van der Waals surface area contributed by atoms with E-state index in [0.29, 0.717) is 6.04 Å². The second-order valence-corrected chi connectivity index (χ2v) is 4.79. The monoisotopic (exact) mass is 248 g/mol. The summed E-state index contributed by atoms with van der Waals surface area (Å²) in [6.45, 7) is 9.77. The zero-order valence-electron chi connectivity index (χ0n) is 11.4. The third-order valence-corrected chi connectivity index (χ3v) is 3.09. The first-order valence-electron chi connectivity index (χ1n) is 6.22. The van der Waals surface area contributed by atoms with Gasteiger partial charge < -0.3 is 14.4 Å². The van der Waals surface area contributed by atoms with Gasteiger partial charge in [-0.1, -0.05) is 5.16 Å². The van der Waals surface area contributed by atoms with Crippen molar-refractivity contribution in [3.63, 3.8) is 0 Å². The van der Waals surface area contributed by atoms with E-state index >= 15 is 0 Å². The average Bonchev–Trinajstić information content (AvgIpc) is 2.90. The van der Waals surface area contributed by atoms with Gasteiger partial charge in [0.05, 0.1) is 17.7 Å². The van der Waals surface area contributed by atoms with Gasteiger partial charge in [-0.05, 0) is 27.7 Å². The quantitative estimate of drug-likeness (QED) is 0.882. The highest BCUT2D eigenvalue weighted by Gasteiger charge is 2.09. The number of imidazole rings is 1. The third-order valence-electron chi connectivity index (χ3n) is 3.09. The lowest BCUT2D eigenvalue weighted by Gasteiger charge is -2.12. The van der Waals surface area contributed by atoms with Gasteiger partial charge >= 0.3 is 0 Å². The predicted octanol–water partition coefficient (Wildman–Crippen LogP) is 2.36. The minimum atomic E-state index is 0.434. The fraction of sp³-hybridized carbons (Fsp3) is 0.538. The Kier molecular flexibility index (Phi) is 3.81. The largest absolute Gasteiger partial charge is 0.361 e. The smallest absolute Gasteiger partial charge is 0.138 e.